The van der Waals surface area contributed by atoms with Crippen molar-refractivity contribution in [3.8, 4) is 6.07 Å². The largest absolute Gasteiger partial charge is 0.199 e. The second kappa shape index (κ2) is 22.5. The van der Waals surface area contributed by atoms with Gasteiger partial charge in [0.2, 0.25) is 0 Å². The van der Waals surface area contributed by atoms with Gasteiger partial charge in [-0.2, -0.15) is 5.26 Å². The zero-order valence-corrected chi connectivity index (χ0v) is 9.91. The van der Waals surface area contributed by atoms with Crippen molar-refractivity contribution in [2.24, 2.45) is 5.92 Å². The van der Waals surface area contributed by atoms with E-state index in [9.17, 15) is 0 Å². The molecule has 0 atom stereocenters. The van der Waals surface area contributed by atoms with Crippen LogP contribution in [-0.4, -0.2) is 5.34 Å². The van der Waals surface area contributed by atoms with Gasteiger partial charge in [-0.1, -0.05) is 33.6 Å². The third-order valence-electron chi connectivity index (χ3n) is 0.866. The molecule has 0 bridgehead atoms. The van der Waals surface area contributed by atoms with Crippen molar-refractivity contribution in [1.82, 2.24) is 0 Å². The predicted molar refractivity (Wildman–Crippen MR) is 57.6 cm³/mol. The molecule has 0 aromatic heterocycles. The lowest BCUT2D eigenvalue weighted by Gasteiger charge is -1.95. The van der Waals surface area contributed by atoms with E-state index in [-0.39, 0.29) is 5.34 Å². The minimum atomic E-state index is 0.194. The van der Waals surface area contributed by atoms with Gasteiger partial charge in [-0.15, -0.1) is 23.2 Å². The average Bonchev–Trinajstić information content (AvgIpc) is 1.89. The molecule has 0 fully saturated rings. The van der Waals surface area contributed by atoms with E-state index in [2.05, 4.69) is 20.8 Å². The number of hydrogen-bond acceptors (Lipinski definition) is 1. The second-order valence-corrected chi connectivity index (χ2v) is 3.32. The van der Waals surface area contributed by atoms with Crippen molar-refractivity contribution in [3.05, 3.63) is 0 Å². The molecule has 0 aromatic carbocycles. The average molecular weight is 212 g/mol. The van der Waals surface area contributed by atoms with Gasteiger partial charge in [-0.25, -0.2) is 0 Å². The van der Waals surface area contributed by atoms with E-state index in [4.69, 9.17) is 28.5 Å². The normalized spacial score (nSPS) is 7.17. The van der Waals surface area contributed by atoms with Gasteiger partial charge in [0, 0.05) is 6.92 Å². The van der Waals surface area contributed by atoms with Gasteiger partial charge in [-0.05, 0) is 5.92 Å². The van der Waals surface area contributed by atoms with Crippen LogP contribution in [0, 0.1) is 17.2 Å². The van der Waals surface area contributed by atoms with Crippen LogP contribution in [0.2, 0.25) is 0 Å². The summed E-state index contributed by atoms with van der Waals surface area (Å²) < 4.78 is 0. The molecule has 1 nitrogen and oxygen atoms in total. The highest BCUT2D eigenvalue weighted by molar-refractivity contribution is 6.40. The third kappa shape index (κ3) is 87.9. The Bertz CT molecular complexity index is 87.0. The first-order chi connectivity index (χ1) is 5.60. The molecule has 0 saturated heterocycles. The van der Waals surface area contributed by atoms with Gasteiger partial charge < -0.3 is 0 Å². The molecule has 0 amide bonds. The molecule has 0 unspecified atom stereocenters. The van der Waals surface area contributed by atoms with Crippen LogP contribution in [-0.2, 0) is 0 Å². The molecule has 3 heteroatoms. The van der Waals surface area contributed by atoms with E-state index >= 15 is 0 Å². The molecule has 0 aliphatic carbocycles. The maximum absolute atomic E-state index is 7.32. The van der Waals surface area contributed by atoms with E-state index in [1.807, 2.05) is 0 Å². The van der Waals surface area contributed by atoms with Crippen molar-refractivity contribution < 1.29 is 0 Å². The van der Waals surface area contributed by atoms with Gasteiger partial charge in [0.1, 0.15) is 0 Å². The molecule has 0 radical (unpaired) electrons. The molecule has 12 heavy (non-hydrogen) atoms. The fourth-order valence-electron chi connectivity index (χ4n) is 0.577. The third-order valence-corrected chi connectivity index (χ3v) is 0.866. The van der Waals surface area contributed by atoms with E-state index in [0.29, 0.717) is 0 Å². The zero-order valence-electron chi connectivity index (χ0n) is 8.40. The SMILES string of the molecule is CC#N.CCCC(C)C.ClCCl. The molecule has 0 saturated carbocycles. The summed E-state index contributed by atoms with van der Waals surface area (Å²) in [5, 5.41) is 7.51. The van der Waals surface area contributed by atoms with E-state index in [1.54, 1.807) is 6.07 Å². The minimum Gasteiger partial charge on any atom is -0.199 e. The Balaban J connectivity index is -0.000000115. The highest BCUT2D eigenvalue weighted by Gasteiger charge is 1.85. The Hall–Kier alpha value is 0.0700. The van der Waals surface area contributed by atoms with Crippen molar-refractivity contribution in [2.75, 3.05) is 5.34 Å². The Morgan fingerprint density at radius 3 is 1.58 bits per heavy atom. The Morgan fingerprint density at radius 2 is 1.58 bits per heavy atom. The highest BCUT2D eigenvalue weighted by atomic mass is 35.5. The maximum atomic E-state index is 7.32. The number of rotatable bonds is 2. The van der Waals surface area contributed by atoms with E-state index in [0.717, 1.165) is 5.92 Å². The first-order valence-electron chi connectivity index (χ1n) is 4.03. The van der Waals surface area contributed by atoms with Crippen molar-refractivity contribution >= 4 is 23.2 Å². The van der Waals surface area contributed by atoms with Crippen LogP contribution in [0.5, 0.6) is 0 Å². The van der Waals surface area contributed by atoms with Crippen LogP contribution in [0.15, 0.2) is 0 Å². The summed E-state index contributed by atoms with van der Waals surface area (Å²) in [5.74, 6) is 0.898. The Morgan fingerprint density at radius 1 is 1.33 bits per heavy atom. The molecule has 0 aromatic rings. The lowest BCUT2D eigenvalue weighted by Crippen LogP contribution is -1.81. The molecule has 74 valence electrons. The first-order valence-corrected chi connectivity index (χ1v) is 5.10. The van der Waals surface area contributed by atoms with E-state index < -0.39 is 0 Å². The highest BCUT2D eigenvalue weighted by Crippen LogP contribution is 2.00. The summed E-state index contributed by atoms with van der Waals surface area (Å²) in [7, 11) is 0. The Kier molecular flexibility index (Phi) is 33.6. The second-order valence-electron chi connectivity index (χ2n) is 2.51. The maximum Gasteiger partial charge on any atom is 0.0967 e. The molecule has 0 rings (SSSR count). The number of halogens is 2. The van der Waals surface area contributed by atoms with Crippen LogP contribution >= 0.6 is 23.2 Å². The number of nitriles is 1. The molecular weight excluding hydrogens is 193 g/mol. The molecular formula is C9H19Cl2N. The minimum absolute atomic E-state index is 0.194. The molecule has 0 N–H and O–H groups in total. The lowest BCUT2D eigenvalue weighted by molar-refractivity contribution is 0.576. The van der Waals surface area contributed by atoms with Gasteiger partial charge in [0.25, 0.3) is 0 Å². The van der Waals surface area contributed by atoms with Crippen molar-refractivity contribution in [1.29, 1.82) is 5.26 Å². The van der Waals surface area contributed by atoms with Gasteiger partial charge >= 0.3 is 0 Å². The summed E-state index contributed by atoms with van der Waals surface area (Å²) >= 11 is 9.53. The Labute approximate surface area is 86.7 Å². The summed E-state index contributed by atoms with van der Waals surface area (Å²) in [6.45, 7) is 8.16. The fraction of sp³-hybridized carbons (Fsp3) is 0.889. The first kappa shape index (κ1) is 18.0. The quantitative estimate of drug-likeness (QED) is 0.622. The summed E-state index contributed by atoms with van der Waals surface area (Å²) in [6.07, 6.45) is 2.71. The summed E-state index contributed by atoms with van der Waals surface area (Å²) in [4.78, 5) is 0. The van der Waals surface area contributed by atoms with Crippen molar-refractivity contribution in [2.45, 2.75) is 40.5 Å². The molecule has 0 aliphatic rings. The number of hydrogen-bond donors (Lipinski definition) is 0. The predicted octanol–water partition coefficient (Wildman–Crippen LogP) is 4.39. The van der Waals surface area contributed by atoms with Crippen molar-refractivity contribution in [3.63, 3.8) is 0 Å². The monoisotopic (exact) mass is 211 g/mol. The number of nitrogens with zero attached hydrogens (tertiary/aromatic N) is 1. The molecule has 0 aliphatic heterocycles. The summed E-state index contributed by atoms with van der Waals surface area (Å²) in [5.41, 5.74) is 0. The summed E-state index contributed by atoms with van der Waals surface area (Å²) in [6, 6.07) is 1.75. The zero-order chi connectivity index (χ0) is 10.4. The topological polar surface area (TPSA) is 23.8 Å². The van der Waals surface area contributed by atoms with Gasteiger partial charge in [0.15, 0.2) is 0 Å². The molecule has 0 spiro atoms. The lowest BCUT2D eigenvalue weighted by atomic mass is 10.1. The number of alkyl halides is 2. The van der Waals surface area contributed by atoms with E-state index in [1.165, 1.54) is 19.8 Å². The smallest absolute Gasteiger partial charge is 0.0967 e. The van der Waals surface area contributed by atoms with Crippen LogP contribution in [0.4, 0.5) is 0 Å². The van der Waals surface area contributed by atoms with Gasteiger partial charge in [0.05, 0.1) is 11.4 Å². The van der Waals surface area contributed by atoms with Crippen LogP contribution in [0.1, 0.15) is 40.5 Å². The van der Waals surface area contributed by atoms with Crippen LogP contribution < -0.4 is 0 Å². The standard InChI is InChI=1S/C6H14.C2H3N.CH2Cl2/c1-4-5-6(2)3;1-2-3;2-1-3/h6H,4-5H2,1-3H3;1H3;1H2. The van der Waals surface area contributed by atoms with Crippen LogP contribution in [0.3, 0.4) is 0 Å². The molecule has 0 heterocycles. The van der Waals surface area contributed by atoms with Crippen LogP contribution in [0.25, 0.3) is 0 Å². The van der Waals surface area contributed by atoms with Gasteiger partial charge in [-0.3, -0.25) is 0 Å². The fourth-order valence-corrected chi connectivity index (χ4v) is 0.577.